The lowest BCUT2D eigenvalue weighted by Gasteiger charge is -2.16. The van der Waals surface area contributed by atoms with Gasteiger partial charge in [0, 0.05) is 38.8 Å². The standard InChI is InChI=1S/C20H22N4O3/c25-18-12-16(14-24(18)13-15-6-2-1-3-7-15)19(26)22-10-11-23-20(27)17-8-4-5-9-21-17/h1-9,16H,10-14H2,(H,22,26)(H,23,27). The lowest BCUT2D eigenvalue weighted by molar-refractivity contribution is -0.129. The molecule has 2 aromatic rings. The number of nitrogens with one attached hydrogen (secondary N) is 2. The third-order valence-electron chi connectivity index (χ3n) is 4.41. The minimum absolute atomic E-state index is 0.0116. The smallest absolute Gasteiger partial charge is 0.269 e. The van der Waals surface area contributed by atoms with Gasteiger partial charge in [0.25, 0.3) is 5.91 Å². The number of benzene rings is 1. The summed E-state index contributed by atoms with van der Waals surface area (Å²) < 4.78 is 0. The topological polar surface area (TPSA) is 91.4 Å². The van der Waals surface area contributed by atoms with Gasteiger partial charge in [-0.2, -0.15) is 0 Å². The van der Waals surface area contributed by atoms with Crippen LogP contribution in [0.1, 0.15) is 22.5 Å². The highest BCUT2D eigenvalue weighted by molar-refractivity contribution is 5.92. The van der Waals surface area contributed by atoms with E-state index in [0.29, 0.717) is 31.9 Å². The van der Waals surface area contributed by atoms with Crippen molar-refractivity contribution in [1.82, 2.24) is 20.5 Å². The van der Waals surface area contributed by atoms with Crippen LogP contribution in [0.5, 0.6) is 0 Å². The number of pyridine rings is 1. The van der Waals surface area contributed by atoms with E-state index in [9.17, 15) is 14.4 Å². The molecule has 0 bridgehead atoms. The highest BCUT2D eigenvalue weighted by Gasteiger charge is 2.33. The van der Waals surface area contributed by atoms with Crippen molar-refractivity contribution in [3.63, 3.8) is 0 Å². The molecule has 140 valence electrons. The molecule has 1 unspecified atom stereocenters. The van der Waals surface area contributed by atoms with Crippen LogP contribution in [-0.4, -0.2) is 47.2 Å². The lowest BCUT2D eigenvalue weighted by Crippen LogP contribution is -2.38. The maximum Gasteiger partial charge on any atom is 0.269 e. The molecule has 1 aliphatic rings. The van der Waals surface area contributed by atoms with E-state index in [-0.39, 0.29) is 30.1 Å². The first-order valence-electron chi connectivity index (χ1n) is 8.92. The number of carbonyl (C=O) groups excluding carboxylic acids is 3. The van der Waals surface area contributed by atoms with Crippen molar-refractivity contribution in [2.75, 3.05) is 19.6 Å². The van der Waals surface area contributed by atoms with E-state index in [2.05, 4.69) is 15.6 Å². The van der Waals surface area contributed by atoms with E-state index in [0.717, 1.165) is 5.56 Å². The van der Waals surface area contributed by atoms with Gasteiger partial charge in [0.15, 0.2) is 0 Å². The lowest BCUT2D eigenvalue weighted by atomic mass is 10.1. The van der Waals surface area contributed by atoms with Crippen LogP contribution in [0.2, 0.25) is 0 Å². The Morgan fingerprint density at radius 1 is 1.04 bits per heavy atom. The number of hydrogen-bond donors (Lipinski definition) is 2. The number of likely N-dealkylation sites (tertiary alicyclic amines) is 1. The average Bonchev–Trinajstić information content (AvgIpc) is 3.07. The Kier molecular flexibility index (Phi) is 6.14. The second-order valence-electron chi connectivity index (χ2n) is 6.42. The van der Waals surface area contributed by atoms with Gasteiger partial charge in [-0.1, -0.05) is 36.4 Å². The molecule has 7 nitrogen and oxygen atoms in total. The SMILES string of the molecule is O=C(NCCNC(=O)C1CC(=O)N(Cc2ccccc2)C1)c1ccccn1. The van der Waals surface area contributed by atoms with Crippen molar-refractivity contribution in [2.45, 2.75) is 13.0 Å². The molecule has 1 aromatic carbocycles. The summed E-state index contributed by atoms with van der Waals surface area (Å²) in [7, 11) is 0. The molecular weight excluding hydrogens is 344 g/mol. The Balaban J connectivity index is 1.40. The maximum atomic E-state index is 12.3. The van der Waals surface area contributed by atoms with Crippen LogP contribution in [0.25, 0.3) is 0 Å². The largest absolute Gasteiger partial charge is 0.354 e. The van der Waals surface area contributed by atoms with Crippen LogP contribution in [0.15, 0.2) is 54.7 Å². The van der Waals surface area contributed by atoms with Gasteiger partial charge < -0.3 is 15.5 Å². The van der Waals surface area contributed by atoms with E-state index >= 15 is 0 Å². The Morgan fingerprint density at radius 2 is 1.78 bits per heavy atom. The van der Waals surface area contributed by atoms with Crippen molar-refractivity contribution in [2.24, 2.45) is 5.92 Å². The molecule has 7 heteroatoms. The molecule has 1 aliphatic heterocycles. The zero-order valence-corrected chi connectivity index (χ0v) is 14.9. The van der Waals surface area contributed by atoms with E-state index in [1.165, 1.54) is 0 Å². The maximum absolute atomic E-state index is 12.3. The summed E-state index contributed by atoms with van der Waals surface area (Å²) in [4.78, 5) is 42.0. The van der Waals surface area contributed by atoms with Crippen LogP contribution in [-0.2, 0) is 16.1 Å². The van der Waals surface area contributed by atoms with Crippen molar-refractivity contribution in [3.05, 3.63) is 66.0 Å². The highest BCUT2D eigenvalue weighted by Crippen LogP contribution is 2.20. The minimum atomic E-state index is -0.354. The van der Waals surface area contributed by atoms with Crippen LogP contribution in [0.3, 0.4) is 0 Å². The van der Waals surface area contributed by atoms with Gasteiger partial charge in [-0.15, -0.1) is 0 Å². The van der Waals surface area contributed by atoms with E-state index in [4.69, 9.17) is 0 Å². The Labute approximate surface area is 157 Å². The van der Waals surface area contributed by atoms with Gasteiger partial charge in [0.2, 0.25) is 11.8 Å². The second kappa shape index (κ2) is 8.93. The van der Waals surface area contributed by atoms with Gasteiger partial charge in [-0.3, -0.25) is 19.4 Å². The summed E-state index contributed by atoms with van der Waals surface area (Å²) in [5.74, 6) is -0.809. The number of hydrogen-bond acceptors (Lipinski definition) is 4. The number of amides is 3. The summed E-state index contributed by atoms with van der Waals surface area (Å²) in [6, 6.07) is 14.8. The highest BCUT2D eigenvalue weighted by atomic mass is 16.2. The van der Waals surface area contributed by atoms with Gasteiger partial charge >= 0.3 is 0 Å². The van der Waals surface area contributed by atoms with Crippen molar-refractivity contribution in [1.29, 1.82) is 0 Å². The fourth-order valence-corrected chi connectivity index (χ4v) is 3.00. The minimum Gasteiger partial charge on any atom is -0.354 e. The molecule has 1 saturated heterocycles. The molecule has 2 N–H and O–H groups in total. The molecule has 27 heavy (non-hydrogen) atoms. The van der Waals surface area contributed by atoms with Crippen LogP contribution in [0.4, 0.5) is 0 Å². The molecule has 3 amide bonds. The van der Waals surface area contributed by atoms with E-state index in [1.807, 2.05) is 30.3 Å². The summed E-state index contributed by atoms with van der Waals surface area (Å²) in [6.45, 7) is 1.54. The number of rotatable bonds is 7. The predicted octanol–water partition coefficient (Wildman–Crippen LogP) is 0.976. The van der Waals surface area contributed by atoms with Gasteiger partial charge in [-0.05, 0) is 17.7 Å². The summed E-state index contributed by atoms with van der Waals surface area (Å²) in [5.41, 5.74) is 1.38. The zero-order chi connectivity index (χ0) is 19.1. The van der Waals surface area contributed by atoms with Crippen molar-refractivity contribution >= 4 is 17.7 Å². The fraction of sp³-hybridized carbons (Fsp3) is 0.300. The quantitative estimate of drug-likeness (QED) is 0.715. The molecular formula is C20H22N4O3. The number of aromatic nitrogens is 1. The first kappa shape index (κ1) is 18.6. The molecule has 1 atom stereocenters. The first-order valence-corrected chi connectivity index (χ1v) is 8.92. The Morgan fingerprint density at radius 3 is 2.52 bits per heavy atom. The zero-order valence-electron chi connectivity index (χ0n) is 14.9. The first-order chi connectivity index (χ1) is 13.1. The monoisotopic (exact) mass is 366 g/mol. The normalized spacial score (nSPS) is 16.2. The molecule has 0 saturated carbocycles. The van der Waals surface area contributed by atoms with E-state index < -0.39 is 0 Å². The molecule has 1 aromatic heterocycles. The summed E-state index contributed by atoms with van der Waals surface area (Å²) >= 11 is 0. The molecule has 1 fully saturated rings. The third-order valence-corrected chi connectivity index (χ3v) is 4.41. The number of nitrogens with zero attached hydrogens (tertiary/aromatic N) is 2. The van der Waals surface area contributed by atoms with Crippen molar-refractivity contribution < 1.29 is 14.4 Å². The molecule has 0 radical (unpaired) electrons. The molecule has 2 heterocycles. The average molecular weight is 366 g/mol. The molecule has 0 spiro atoms. The van der Waals surface area contributed by atoms with Crippen LogP contribution < -0.4 is 10.6 Å². The Bertz CT molecular complexity index is 795. The molecule has 3 rings (SSSR count). The predicted molar refractivity (Wildman–Crippen MR) is 99.5 cm³/mol. The van der Waals surface area contributed by atoms with Gasteiger partial charge in [-0.25, -0.2) is 0 Å². The van der Waals surface area contributed by atoms with Gasteiger partial charge in [0.05, 0.1) is 5.92 Å². The molecule has 0 aliphatic carbocycles. The number of carbonyl (C=O) groups is 3. The Hall–Kier alpha value is -3.22. The van der Waals surface area contributed by atoms with Crippen molar-refractivity contribution in [3.8, 4) is 0 Å². The summed E-state index contributed by atoms with van der Waals surface area (Å²) in [5, 5.41) is 5.49. The van der Waals surface area contributed by atoms with Crippen LogP contribution in [0, 0.1) is 5.92 Å². The second-order valence-corrected chi connectivity index (χ2v) is 6.42. The summed E-state index contributed by atoms with van der Waals surface area (Å²) in [6.07, 6.45) is 1.77. The third kappa shape index (κ3) is 5.13. The van der Waals surface area contributed by atoms with E-state index in [1.54, 1.807) is 29.3 Å². The van der Waals surface area contributed by atoms with Crippen LogP contribution >= 0.6 is 0 Å². The van der Waals surface area contributed by atoms with Gasteiger partial charge in [0.1, 0.15) is 5.69 Å². The fourth-order valence-electron chi connectivity index (χ4n) is 3.00.